The van der Waals surface area contributed by atoms with Gasteiger partial charge in [-0.1, -0.05) is 17.7 Å². The van der Waals surface area contributed by atoms with Crippen molar-refractivity contribution in [2.24, 2.45) is 0 Å². The van der Waals surface area contributed by atoms with Gasteiger partial charge in [-0.2, -0.15) is 0 Å². The van der Waals surface area contributed by atoms with E-state index >= 15 is 0 Å². The van der Waals surface area contributed by atoms with Crippen LogP contribution in [0.15, 0.2) is 41.0 Å². The summed E-state index contributed by atoms with van der Waals surface area (Å²) in [5, 5.41) is 9.57. The summed E-state index contributed by atoms with van der Waals surface area (Å²) < 4.78 is 0.671. The Labute approximate surface area is 123 Å². The van der Waals surface area contributed by atoms with E-state index in [9.17, 15) is 9.90 Å². The number of rotatable bonds is 2. The maximum Gasteiger partial charge on any atom is 0.261 e. The number of benzene rings is 1. The van der Waals surface area contributed by atoms with Crippen LogP contribution in [0.5, 0.6) is 5.75 Å². The molecular formula is C13H10BrClN2O2. The first-order chi connectivity index (χ1) is 8.99. The minimum absolute atomic E-state index is 0.0932. The van der Waals surface area contributed by atoms with Crippen molar-refractivity contribution in [3.8, 4) is 5.75 Å². The van der Waals surface area contributed by atoms with Crippen molar-refractivity contribution in [3.05, 3.63) is 51.7 Å². The molecular weight excluding hydrogens is 332 g/mol. The highest BCUT2D eigenvalue weighted by Crippen LogP contribution is 2.24. The van der Waals surface area contributed by atoms with E-state index in [1.165, 1.54) is 23.2 Å². The largest absolute Gasteiger partial charge is 0.508 e. The number of phenolic OH excluding ortho intramolecular Hbond substituents is 1. The second-order valence-electron chi connectivity index (χ2n) is 3.88. The van der Waals surface area contributed by atoms with E-state index in [1.807, 2.05) is 0 Å². The van der Waals surface area contributed by atoms with Gasteiger partial charge in [-0.05, 0) is 34.1 Å². The summed E-state index contributed by atoms with van der Waals surface area (Å²) >= 11 is 9.17. The molecule has 0 bridgehead atoms. The monoisotopic (exact) mass is 340 g/mol. The Morgan fingerprint density at radius 1 is 1.42 bits per heavy atom. The molecule has 1 aromatic carbocycles. The molecule has 6 heteroatoms. The Morgan fingerprint density at radius 3 is 2.84 bits per heavy atom. The lowest BCUT2D eigenvalue weighted by Crippen LogP contribution is -2.26. The van der Waals surface area contributed by atoms with Crippen molar-refractivity contribution in [1.29, 1.82) is 0 Å². The Kier molecular flexibility index (Phi) is 4.07. The van der Waals surface area contributed by atoms with Crippen LogP contribution in [0.4, 0.5) is 5.69 Å². The van der Waals surface area contributed by atoms with Crippen molar-refractivity contribution in [3.63, 3.8) is 0 Å². The van der Waals surface area contributed by atoms with Gasteiger partial charge in [-0.25, -0.2) is 4.98 Å². The molecule has 2 aromatic rings. The topological polar surface area (TPSA) is 53.4 Å². The Morgan fingerprint density at radius 2 is 2.16 bits per heavy atom. The summed E-state index contributed by atoms with van der Waals surface area (Å²) in [6, 6.07) is 8.02. The molecule has 2 rings (SSSR count). The first-order valence-electron chi connectivity index (χ1n) is 5.37. The number of hydrogen-bond acceptors (Lipinski definition) is 3. The predicted molar refractivity (Wildman–Crippen MR) is 77.8 cm³/mol. The number of pyridine rings is 1. The van der Waals surface area contributed by atoms with E-state index in [2.05, 4.69) is 20.9 Å². The minimum Gasteiger partial charge on any atom is -0.508 e. The molecule has 0 radical (unpaired) electrons. The van der Waals surface area contributed by atoms with Crippen LogP contribution in [0.1, 0.15) is 10.4 Å². The predicted octanol–water partition coefficient (Wildman–Crippen LogP) is 3.48. The zero-order chi connectivity index (χ0) is 14.0. The van der Waals surface area contributed by atoms with Crippen LogP contribution < -0.4 is 4.90 Å². The Balaban J connectivity index is 2.36. The molecule has 0 saturated heterocycles. The van der Waals surface area contributed by atoms with Gasteiger partial charge >= 0.3 is 0 Å². The van der Waals surface area contributed by atoms with Crippen LogP contribution in [0.25, 0.3) is 0 Å². The van der Waals surface area contributed by atoms with Gasteiger partial charge in [0, 0.05) is 29.5 Å². The summed E-state index contributed by atoms with van der Waals surface area (Å²) in [5.74, 6) is -0.208. The van der Waals surface area contributed by atoms with Crippen molar-refractivity contribution >= 4 is 39.1 Å². The van der Waals surface area contributed by atoms with Crippen LogP contribution in [0.2, 0.25) is 5.15 Å². The van der Waals surface area contributed by atoms with E-state index < -0.39 is 0 Å². The van der Waals surface area contributed by atoms with Gasteiger partial charge in [0.1, 0.15) is 10.9 Å². The number of amides is 1. The van der Waals surface area contributed by atoms with Crippen molar-refractivity contribution in [2.45, 2.75) is 0 Å². The number of hydrogen-bond donors (Lipinski definition) is 1. The van der Waals surface area contributed by atoms with Crippen LogP contribution in [0, 0.1) is 0 Å². The van der Waals surface area contributed by atoms with E-state index in [0.717, 1.165) is 0 Å². The van der Waals surface area contributed by atoms with Gasteiger partial charge in [0.15, 0.2) is 0 Å². The van der Waals surface area contributed by atoms with E-state index in [1.54, 1.807) is 25.2 Å². The second kappa shape index (κ2) is 5.59. The zero-order valence-corrected chi connectivity index (χ0v) is 12.3. The molecule has 1 amide bonds. The number of aromatic nitrogens is 1. The summed E-state index contributed by atoms with van der Waals surface area (Å²) in [7, 11) is 1.61. The van der Waals surface area contributed by atoms with Crippen LogP contribution >= 0.6 is 27.5 Å². The minimum atomic E-state index is -0.301. The zero-order valence-electron chi connectivity index (χ0n) is 9.97. The maximum absolute atomic E-state index is 12.3. The van der Waals surface area contributed by atoms with Gasteiger partial charge in [0.2, 0.25) is 0 Å². The third-order valence-electron chi connectivity index (χ3n) is 2.56. The Bertz CT molecular complexity index is 634. The Hall–Kier alpha value is -1.59. The smallest absolute Gasteiger partial charge is 0.261 e. The molecule has 1 N–H and O–H groups in total. The molecule has 0 aliphatic heterocycles. The first kappa shape index (κ1) is 13.8. The van der Waals surface area contributed by atoms with Gasteiger partial charge in [0.25, 0.3) is 5.91 Å². The van der Waals surface area contributed by atoms with E-state index in [-0.39, 0.29) is 16.8 Å². The summed E-state index contributed by atoms with van der Waals surface area (Å²) in [5.41, 5.74) is 0.864. The number of anilines is 1. The fourth-order valence-electron chi connectivity index (χ4n) is 1.57. The van der Waals surface area contributed by atoms with Crippen molar-refractivity contribution in [1.82, 2.24) is 4.98 Å². The normalized spacial score (nSPS) is 10.3. The lowest BCUT2D eigenvalue weighted by molar-refractivity contribution is 0.0993. The van der Waals surface area contributed by atoms with Gasteiger partial charge in [0.05, 0.1) is 5.56 Å². The summed E-state index contributed by atoms with van der Waals surface area (Å²) in [6.45, 7) is 0. The first-order valence-corrected chi connectivity index (χ1v) is 6.54. The third kappa shape index (κ3) is 3.05. The lowest BCUT2D eigenvalue weighted by atomic mass is 10.2. The van der Waals surface area contributed by atoms with Crippen LogP contribution in [0.3, 0.4) is 0 Å². The quantitative estimate of drug-likeness (QED) is 0.851. The van der Waals surface area contributed by atoms with Crippen molar-refractivity contribution in [2.75, 3.05) is 11.9 Å². The van der Waals surface area contributed by atoms with E-state index in [0.29, 0.717) is 15.7 Å². The molecule has 98 valence electrons. The molecule has 19 heavy (non-hydrogen) atoms. The molecule has 0 unspecified atom stereocenters. The highest BCUT2D eigenvalue weighted by atomic mass is 79.9. The third-order valence-corrected chi connectivity index (χ3v) is 3.29. The second-order valence-corrected chi connectivity index (χ2v) is 5.15. The number of aromatic hydroxyl groups is 1. The van der Waals surface area contributed by atoms with Crippen LogP contribution in [-0.4, -0.2) is 23.0 Å². The molecule has 0 saturated carbocycles. The molecule has 1 heterocycles. The fourth-order valence-corrected chi connectivity index (χ4v) is 2.09. The summed E-state index contributed by atoms with van der Waals surface area (Å²) in [4.78, 5) is 17.6. The maximum atomic E-state index is 12.3. The van der Waals surface area contributed by atoms with Gasteiger partial charge in [-0.15, -0.1) is 0 Å². The highest BCUT2D eigenvalue weighted by Gasteiger charge is 2.18. The molecule has 0 atom stereocenters. The molecule has 0 spiro atoms. The number of halogens is 2. The number of nitrogens with zero attached hydrogens (tertiary/aromatic N) is 2. The molecule has 1 aromatic heterocycles. The molecule has 0 fully saturated rings. The number of phenols is 1. The van der Waals surface area contributed by atoms with Crippen LogP contribution in [-0.2, 0) is 0 Å². The van der Waals surface area contributed by atoms with Crippen molar-refractivity contribution < 1.29 is 9.90 Å². The molecule has 0 aliphatic carbocycles. The number of carbonyl (C=O) groups excluding carboxylic acids is 1. The highest BCUT2D eigenvalue weighted by molar-refractivity contribution is 9.10. The summed E-state index contributed by atoms with van der Waals surface area (Å²) in [6.07, 6.45) is 1.52. The lowest BCUT2D eigenvalue weighted by Gasteiger charge is -2.18. The molecule has 0 aliphatic rings. The molecule has 4 nitrogen and oxygen atoms in total. The SMILES string of the molecule is CN(C(=O)c1cc(Br)cnc1Cl)c1cccc(O)c1. The standard InChI is InChI=1S/C13H10BrClN2O2/c1-17(9-3-2-4-10(18)6-9)13(19)11-5-8(14)7-16-12(11)15/h2-7,18H,1H3. The fraction of sp³-hybridized carbons (Fsp3) is 0.0769. The number of carbonyl (C=O) groups is 1. The van der Waals surface area contributed by atoms with Gasteiger partial charge < -0.3 is 10.0 Å². The van der Waals surface area contributed by atoms with E-state index in [4.69, 9.17) is 11.6 Å². The average molecular weight is 342 g/mol. The average Bonchev–Trinajstić information content (AvgIpc) is 2.40. The van der Waals surface area contributed by atoms with Gasteiger partial charge in [-0.3, -0.25) is 4.79 Å².